The molecule has 0 unspecified atom stereocenters. The van der Waals surface area contributed by atoms with E-state index in [4.69, 9.17) is 11.6 Å². The predicted octanol–water partition coefficient (Wildman–Crippen LogP) is 1.80. The molecule has 0 saturated heterocycles. The van der Waals surface area contributed by atoms with Crippen LogP contribution in [0.3, 0.4) is 0 Å². The highest BCUT2D eigenvalue weighted by Gasteiger charge is 2.13. The topological polar surface area (TPSA) is 70.1 Å². The Kier molecular flexibility index (Phi) is 3.20. The second-order valence-electron chi connectivity index (χ2n) is 3.86. The van der Waals surface area contributed by atoms with Crippen LogP contribution < -0.4 is 5.69 Å². The maximum atomic E-state index is 11.6. The van der Waals surface area contributed by atoms with Crippen LogP contribution in [-0.4, -0.2) is 14.1 Å². The van der Waals surface area contributed by atoms with Gasteiger partial charge in [0.2, 0.25) is 0 Å². The van der Waals surface area contributed by atoms with Gasteiger partial charge in [0.25, 0.3) is 5.69 Å². The van der Waals surface area contributed by atoms with Gasteiger partial charge in [0.15, 0.2) is 0 Å². The molecular formula is C11H10ClN3O3. The molecule has 0 bridgehead atoms. The molecule has 18 heavy (non-hydrogen) atoms. The van der Waals surface area contributed by atoms with E-state index in [1.807, 2.05) is 0 Å². The molecule has 1 heterocycles. The smallest absolute Gasteiger partial charge is 0.302 e. The zero-order valence-corrected chi connectivity index (χ0v) is 10.3. The number of hydrogen-bond acceptors (Lipinski definition) is 3. The zero-order valence-electron chi connectivity index (χ0n) is 9.54. The lowest BCUT2D eigenvalue weighted by molar-refractivity contribution is -0.384. The molecule has 1 aromatic carbocycles. The first-order valence-corrected chi connectivity index (χ1v) is 5.51. The number of nitrogens with zero attached hydrogens (tertiary/aromatic N) is 3. The first kappa shape index (κ1) is 12.4. The second-order valence-corrected chi connectivity index (χ2v) is 4.27. The van der Waals surface area contributed by atoms with Crippen LogP contribution in [0.25, 0.3) is 0 Å². The van der Waals surface area contributed by atoms with Crippen molar-refractivity contribution in [3.8, 4) is 0 Å². The molecule has 6 nitrogen and oxygen atoms in total. The number of imidazole rings is 1. The number of benzene rings is 1. The average Bonchev–Trinajstić information content (AvgIpc) is 2.63. The van der Waals surface area contributed by atoms with Gasteiger partial charge in [-0.15, -0.1) is 0 Å². The fourth-order valence-electron chi connectivity index (χ4n) is 1.62. The van der Waals surface area contributed by atoms with Gasteiger partial charge in [0, 0.05) is 25.5 Å². The lowest BCUT2D eigenvalue weighted by Crippen LogP contribution is -2.22. The summed E-state index contributed by atoms with van der Waals surface area (Å²) in [5.41, 5.74) is 0.324. The molecule has 94 valence electrons. The minimum absolute atomic E-state index is 0.0872. The molecule has 2 rings (SSSR count). The summed E-state index contributed by atoms with van der Waals surface area (Å²) in [6.45, 7) is 0.275. The van der Waals surface area contributed by atoms with Crippen LogP contribution in [0.15, 0.2) is 35.4 Å². The number of nitro groups is 1. The highest BCUT2D eigenvalue weighted by atomic mass is 35.5. The summed E-state index contributed by atoms with van der Waals surface area (Å²) in [4.78, 5) is 21.8. The Balaban J connectivity index is 2.36. The van der Waals surface area contributed by atoms with Gasteiger partial charge >= 0.3 is 5.69 Å². The highest BCUT2D eigenvalue weighted by molar-refractivity contribution is 6.32. The van der Waals surface area contributed by atoms with Gasteiger partial charge in [-0.2, -0.15) is 0 Å². The Hall–Kier alpha value is -2.08. The molecule has 7 heteroatoms. The molecule has 0 aliphatic carbocycles. The summed E-state index contributed by atoms with van der Waals surface area (Å²) in [5.74, 6) is 0. The first-order valence-electron chi connectivity index (χ1n) is 5.13. The van der Waals surface area contributed by atoms with Crippen LogP contribution in [0.1, 0.15) is 5.56 Å². The van der Waals surface area contributed by atoms with Gasteiger partial charge in [-0.25, -0.2) is 4.79 Å². The monoisotopic (exact) mass is 267 g/mol. The largest absolute Gasteiger partial charge is 0.328 e. The van der Waals surface area contributed by atoms with Crippen LogP contribution >= 0.6 is 11.6 Å². The Morgan fingerprint density at radius 1 is 1.39 bits per heavy atom. The summed E-state index contributed by atoms with van der Waals surface area (Å²) >= 11 is 5.72. The number of aryl methyl sites for hydroxylation is 1. The fraction of sp³-hybridized carbons (Fsp3) is 0.182. The van der Waals surface area contributed by atoms with E-state index >= 15 is 0 Å². The van der Waals surface area contributed by atoms with Gasteiger partial charge in [-0.3, -0.25) is 14.7 Å². The average molecular weight is 268 g/mol. The van der Waals surface area contributed by atoms with E-state index in [9.17, 15) is 14.9 Å². The highest BCUT2D eigenvalue weighted by Crippen LogP contribution is 2.25. The predicted molar refractivity (Wildman–Crippen MR) is 66.9 cm³/mol. The summed E-state index contributed by atoms with van der Waals surface area (Å²) in [6.07, 6.45) is 3.26. The van der Waals surface area contributed by atoms with Gasteiger partial charge < -0.3 is 4.57 Å². The van der Waals surface area contributed by atoms with Crippen molar-refractivity contribution >= 4 is 17.3 Å². The van der Waals surface area contributed by atoms with Crippen molar-refractivity contribution in [2.75, 3.05) is 0 Å². The van der Waals surface area contributed by atoms with Gasteiger partial charge in [0.05, 0.1) is 11.5 Å². The Labute approximate surface area is 107 Å². The summed E-state index contributed by atoms with van der Waals surface area (Å²) in [7, 11) is 1.64. The molecule has 0 aliphatic rings. The van der Waals surface area contributed by atoms with Crippen molar-refractivity contribution in [2.24, 2.45) is 7.05 Å². The van der Waals surface area contributed by atoms with Gasteiger partial charge in [-0.1, -0.05) is 17.7 Å². The van der Waals surface area contributed by atoms with Gasteiger partial charge in [-0.05, 0) is 11.6 Å². The lowest BCUT2D eigenvalue weighted by Gasteiger charge is -2.03. The molecule has 0 radical (unpaired) electrons. The van der Waals surface area contributed by atoms with E-state index in [1.54, 1.807) is 25.5 Å². The Morgan fingerprint density at radius 2 is 2.11 bits per heavy atom. The maximum absolute atomic E-state index is 11.6. The van der Waals surface area contributed by atoms with E-state index < -0.39 is 4.92 Å². The number of nitro benzene ring substituents is 1. The van der Waals surface area contributed by atoms with Crippen molar-refractivity contribution in [1.82, 2.24) is 9.13 Å². The van der Waals surface area contributed by atoms with Crippen LogP contribution in [0, 0.1) is 10.1 Å². The van der Waals surface area contributed by atoms with E-state index in [1.165, 1.54) is 21.3 Å². The normalized spacial score (nSPS) is 10.6. The van der Waals surface area contributed by atoms with Crippen molar-refractivity contribution < 1.29 is 4.92 Å². The van der Waals surface area contributed by atoms with Crippen molar-refractivity contribution in [2.45, 2.75) is 6.54 Å². The molecule has 0 spiro atoms. The third kappa shape index (κ3) is 2.28. The summed E-state index contributed by atoms with van der Waals surface area (Å²) < 4.78 is 2.90. The molecule has 0 aliphatic heterocycles. The minimum Gasteiger partial charge on any atom is -0.302 e. The molecule has 0 N–H and O–H groups in total. The molecule has 2 aromatic rings. The van der Waals surface area contributed by atoms with Crippen LogP contribution in [0.5, 0.6) is 0 Å². The summed E-state index contributed by atoms with van der Waals surface area (Å²) in [6, 6.07) is 4.50. The van der Waals surface area contributed by atoms with Crippen molar-refractivity contribution in [3.63, 3.8) is 0 Å². The van der Waals surface area contributed by atoms with Crippen LogP contribution in [-0.2, 0) is 13.6 Å². The van der Waals surface area contributed by atoms with Crippen molar-refractivity contribution in [1.29, 1.82) is 0 Å². The molecular weight excluding hydrogens is 258 g/mol. The number of hydrogen-bond donors (Lipinski definition) is 0. The number of aromatic nitrogens is 2. The fourth-order valence-corrected chi connectivity index (χ4v) is 1.81. The van der Waals surface area contributed by atoms with E-state index in [2.05, 4.69) is 0 Å². The van der Waals surface area contributed by atoms with E-state index in [0.717, 1.165) is 0 Å². The second kappa shape index (κ2) is 4.66. The maximum Gasteiger partial charge on any atom is 0.328 e. The molecule has 0 fully saturated rings. The minimum atomic E-state index is -0.542. The Bertz CT molecular complexity index is 660. The van der Waals surface area contributed by atoms with Crippen molar-refractivity contribution in [3.05, 3.63) is 61.8 Å². The number of halogens is 1. The van der Waals surface area contributed by atoms with Crippen LogP contribution in [0.2, 0.25) is 5.02 Å². The third-order valence-electron chi connectivity index (χ3n) is 2.58. The Morgan fingerprint density at radius 3 is 2.67 bits per heavy atom. The quantitative estimate of drug-likeness (QED) is 0.629. The lowest BCUT2D eigenvalue weighted by atomic mass is 10.2. The first-order chi connectivity index (χ1) is 8.49. The standard InChI is InChI=1S/C11H10ClN3O3/c1-13-4-5-14(11(13)16)7-8-2-3-9(12)10(6-8)15(17)18/h2-6H,7H2,1H3. The third-order valence-corrected chi connectivity index (χ3v) is 2.90. The SMILES string of the molecule is Cn1ccn(Cc2ccc(Cl)c([N+](=O)[O-])c2)c1=O. The van der Waals surface area contributed by atoms with E-state index in [-0.39, 0.29) is 22.9 Å². The molecule has 0 atom stereocenters. The molecule has 1 aromatic heterocycles. The zero-order chi connectivity index (χ0) is 13.3. The molecule has 0 saturated carbocycles. The summed E-state index contributed by atoms with van der Waals surface area (Å²) in [5, 5.41) is 10.8. The number of rotatable bonds is 3. The van der Waals surface area contributed by atoms with Gasteiger partial charge in [0.1, 0.15) is 5.02 Å². The van der Waals surface area contributed by atoms with E-state index in [0.29, 0.717) is 5.56 Å². The van der Waals surface area contributed by atoms with Crippen LogP contribution in [0.4, 0.5) is 5.69 Å². The molecule has 0 amide bonds.